The lowest BCUT2D eigenvalue weighted by atomic mass is 9.64. The largest absolute Gasteiger partial charge is 0.483 e. The van der Waals surface area contributed by atoms with E-state index in [1.807, 2.05) is 12.2 Å². The van der Waals surface area contributed by atoms with Crippen LogP contribution in [-0.2, 0) is 37.0 Å². The molecule has 7 rings (SSSR count). The number of sulfonamides is 1. The van der Waals surface area contributed by atoms with Gasteiger partial charge in [0, 0.05) is 30.4 Å². The van der Waals surface area contributed by atoms with Gasteiger partial charge in [0.25, 0.3) is 10.0 Å². The van der Waals surface area contributed by atoms with Gasteiger partial charge in [-0.2, -0.15) is 17.6 Å². The zero-order valence-corrected chi connectivity index (χ0v) is 29.9. The fraction of sp³-hybridized carbons (Fsp3) is 0.611. The van der Waals surface area contributed by atoms with Crippen LogP contribution in [0.1, 0.15) is 95.2 Å². The molecule has 16 heteroatoms. The molecular formula is C36H42F3N5O7S. The lowest BCUT2D eigenvalue weighted by Gasteiger charge is -2.47. The van der Waals surface area contributed by atoms with E-state index in [4.69, 9.17) is 9.47 Å². The first-order valence-corrected chi connectivity index (χ1v) is 19.3. The van der Waals surface area contributed by atoms with E-state index < -0.39 is 67.2 Å². The Morgan fingerprint density at radius 1 is 1.10 bits per heavy atom. The van der Waals surface area contributed by atoms with Crippen LogP contribution in [-0.4, -0.2) is 82.7 Å². The van der Waals surface area contributed by atoms with Crippen molar-refractivity contribution in [3.8, 4) is 11.6 Å². The molecule has 5 heterocycles. The van der Waals surface area contributed by atoms with Crippen LogP contribution >= 0.6 is 0 Å². The minimum atomic E-state index is -4.88. The number of rotatable bonds is 5. The van der Waals surface area contributed by atoms with Crippen LogP contribution in [0.5, 0.6) is 11.6 Å². The summed E-state index contributed by atoms with van der Waals surface area (Å²) in [6.45, 7) is 1.42. The quantitative estimate of drug-likeness (QED) is 0.328. The molecule has 1 N–H and O–H groups in total. The number of Topliss-reactive ketones (excluding diaryl/α,β-unsaturated/α-hetero) is 1. The first-order valence-electron chi connectivity index (χ1n) is 17.9. The summed E-state index contributed by atoms with van der Waals surface area (Å²) in [7, 11) is -2.55. The van der Waals surface area contributed by atoms with Gasteiger partial charge in [0.2, 0.25) is 23.5 Å². The molecule has 0 bridgehead atoms. The van der Waals surface area contributed by atoms with E-state index in [2.05, 4.69) is 19.7 Å². The maximum atomic E-state index is 14.5. The van der Waals surface area contributed by atoms with Crippen molar-refractivity contribution in [2.75, 3.05) is 13.7 Å². The molecule has 0 aromatic carbocycles. The Labute approximate surface area is 299 Å². The Morgan fingerprint density at radius 2 is 1.87 bits per heavy atom. The Morgan fingerprint density at radius 3 is 2.56 bits per heavy atom. The van der Waals surface area contributed by atoms with E-state index in [9.17, 15) is 36.0 Å². The third-order valence-electron chi connectivity index (χ3n) is 11.5. The lowest BCUT2D eigenvalue weighted by Crippen LogP contribution is -2.67. The average Bonchev–Trinajstić information content (AvgIpc) is 3.76. The molecule has 2 aromatic heterocycles. The minimum Gasteiger partial charge on any atom is -0.483 e. The van der Waals surface area contributed by atoms with E-state index in [-0.39, 0.29) is 67.0 Å². The van der Waals surface area contributed by atoms with Gasteiger partial charge >= 0.3 is 6.18 Å². The first-order chi connectivity index (χ1) is 24.6. The van der Waals surface area contributed by atoms with Gasteiger partial charge < -0.3 is 19.7 Å². The van der Waals surface area contributed by atoms with Crippen LogP contribution in [0, 0.1) is 5.92 Å². The second-order valence-electron chi connectivity index (χ2n) is 15.0. The molecule has 52 heavy (non-hydrogen) atoms. The van der Waals surface area contributed by atoms with Crippen molar-refractivity contribution < 1.29 is 45.4 Å². The monoisotopic (exact) mass is 745 g/mol. The number of amides is 2. The third kappa shape index (κ3) is 6.44. The number of hydrogen-bond donors (Lipinski definition) is 1. The maximum absolute atomic E-state index is 14.5. The van der Waals surface area contributed by atoms with Gasteiger partial charge in [0.05, 0.1) is 35.6 Å². The molecule has 2 amide bonds. The van der Waals surface area contributed by atoms with E-state index >= 15 is 0 Å². The zero-order chi connectivity index (χ0) is 37.1. The summed E-state index contributed by atoms with van der Waals surface area (Å²) in [5.74, 6) is -2.40. The number of hydrogen-bond acceptors (Lipinski definition) is 9. The van der Waals surface area contributed by atoms with E-state index in [1.165, 1.54) is 24.1 Å². The number of ether oxygens (including phenoxy) is 2. The van der Waals surface area contributed by atoms with E-state index in [1.54, 1.807) is 6.92 Å². The summed E-state index contributed by atoms with van der Waals surface area (Å²) in [6, 6.07) is 1.67. The molecule has 0 radical (unpaired) electrons. The molecule has 12 nitrogen and oxygen atoms in total. The van der Waals surface area contributed by atoms with Crippen LogP contribution in [0.3, 0.4) is 0 Å². The van der Waals surface area contributed by atoms with E-state index in [0.717, 1.165) is 31.9 Å². The van der Waals surface area contributed by atoms with Gasteiger partial charge in [0.1, 0.15) is 17.2 Å². The van der Waals surface area contributed by atoms with Crippen molar-refractivity contribution in [1.82, 2.24) is 20.2 Å². The summed E-state index contributed by atoms with van der Waals surface area (Å²) in [5.41, 5.74) is -3.63. The summed E-state index contributed by atoms with van der Waals surface area (Å²) < 4.78 is 83.4. The second-order valence-corrected chi connectivity index (χ2v) is 17.2. The molecule has 5 aliphatic rings. The Hall–Kier alpha value is -4.08. The number of halogens is 3. The molecule has 1 saturated heterocycles. The lowest BCUT2D eigenvalue weighted by molar-refractivity contribution is -0.144. The Bertz CT molecular complexity index is 1980. The van der Waals surface area contributed by atoms with Gasteiger partial charge in [0.15, 0.2) is 11.4 Å². The maximum Gasteiger partial charge on any atom is 0.437 e. The number of pyridine rings is 2. The van der Waals surface area contributed by atoms with Crippen molar-refractivity contribution in [2.24, 2.45) is 10.3 Å². The van der Waals surface area contributed by atoms with Gasteiger partial charge in [-0.25, -0.2) is 18.4 Å². The standard InChI is InChI=1S/C36H42F3N5O7S/c1-33(17-18-33)52(48,49)40-20-26(45)35-16-13-22(35)9-7-5-3-4-6-8-10-28(46)44-21-34(19-25(44)32(47)43-35)15-14-23-29-24(11-12-27(42-29)50-2)41-31(30(23)51-34)36(37,38)39/h7,9,11-12,20,22,25H,3-6,8,10,13-19,21H2,1-2H3,(H,43,47). The number of aromatic nitrogens is 2. The number of nitrogens with one attached hydrogen (secondary N) is 1. The summed E-state index contributed by atoms with van der Waals surface area (Å²) in [6.07, 6.45) is 5.51. The Balaban J connectivity index is 1.24. The molecule has 2 saturated carbocycles. The van der Waals surface area contributed by atoms with Crippen LogP contribution in [0.2, 0.25) is 0 Å². The smallest absolute Gasteiger partial charge is 0.437 e. The van der Waals surface area contributed by atoms with Crippen LogP contribution in [0.25, 0.3) is 11.0 Å². The van der Waals surface area contributed by atoms with Crippen LogP contribution in [0.15, 0.2) is 28.7 Å². The number of ketones is 1. The number of carbonyl (C=O) groups excluding carboxylic acids is 3. The molecule has 1 spiro atoms. The number of aryl methyl sites for hydroxylation is 1. The predicted molar refractivity (Wildman–Crippen MR) is 183 cm³/mol. The minimum absolute atomic E-state index is 0.0294. The molecular weight excluding hydrogens is 703 g/mol. The molecule has 4 unspecified atom stereocenters. The zero-order valence-electron chi connectivity index (χ0n) is 29.1. The predicted octanol–water partition coefficient (Wildman–Crippen LogP) is 5.02. The van der Waals surface area contributed by atoms with Crippen molar-refractivity contribution in [1.29, 1.82) is 0 Å². The number of alkyl halides is 3. The van der Waals surface area contributed by atoms with Gasteiger partial charge in [-0.15, -0.1) is 0 Å². The highest BCUT2D eigenvalue weighted by Crippen LogP contribution is 2.49. The number of fused-ring (bicyclic) bond motifs is 5. The highest BCUT2D eigenvalue weighted by molar-refractivity contribution is 7.92. The number of methoxy groups -OCH3 is 1. The molecule has 2 aromatic rings. The molecule has 2 aliphatic carbocycles. The van der Waals surface area contributed by atoms with Crippen molar-refractivity contribution in [3.63, 3.8) is 0 Å². The normalized spacial score (nSPS) is 29.3. The summed E-state index contributed by atoms with van der Waals surface area (Å²) in [4.78, 5) is 51.7. The second kappa shape index (κ2) is 13.1. The van der Waals surface area contributed by atoms with Crippen molar-refractivity contribution >= 4 is 44.9 Å². The van der Waals surface area contributed by atoms with Gasteiger partial charge in [-0.3, -0.25) is 14.4 Å². The highest BCUT2D eigenvalue weighted by atomic mass is 32.2. The molecule has 3 fully saturated rings. The fourth-order valence-corrected chi connectivity index (χ4v) is 9.02. The number of allylic oxidation sites excluding steroid dienone is 1. The van der Waals surface area contributed by atoms with E-state index in [0.29, 0.717) is 25.7 Å². The van der Waals surface area contributed by atoms with Crippen LogP contribution in [0.4, 0.5) is 13.2 Å². The fourth-order valence-electron chi connectivity index (χ4n) is 7.91. The topological polar surface area (TPSA) is 157 Å². The highest BCUT2D eigenvalue weighted by Gasteiger charge is 2.57. The van der Waals surface area contributed by atoms with Gasteiger partial charge in [-0.1, -0.05) is 25.0 Å². The molecule has 4 atom stereocenters. The van der Waals surface area contributed by atoms with Crippen molar-refractivity contribution in [3.05, 3.63) is 35.5 Å². The van der Waals surface area contributed by atoms with Crippen molar-refractivity contribution in [2.45, 2.75) is 118 Å². The Kier molecular flexibility index (Phi) is 9.14. The SMILES string of the molecule is COc1ccc2nc(C(F)(F)F)c3c(c2n1)CCC1(CC2C(=O)NC4(C(=O)C=NS(=O)(=O)C5(C)CC5)CCC4C=CCCCCCCC(=O)N2C1)O3. The van der Waals surface area contributed by atoms with Gasteiger partial charge in [-0.05, 0) is 70.8 Å². The first kappa shape index (κ1) is 36.3. The molecule has 3 aliphatic heterocycles. The number of nitrogens with zero attached hydrogens (tertiary/aromatic N) is 4. The summed E-state index contributed by atoms with van der Waals surface area (Å²) in [5, 5.41) is 2.90. The van der Waals surface area contributed by atoms with Crippen LogP contribution < -0.4 is 14.8 Å². The third-order valence-corrected chi connectivity index (χ3v) is 13.6. The molecule has 280 valence electrons. The number of carbonyl (C=O) groups is 3. The average molecular weight is 746 g/mol. The summed E-state index contributed by atoms with van der Waals surface area (Å²) >= 11 is 0.